The molecule has 2 rings (SSSR count). The van der Waals surface area contributed by atoms with Gasteiger partial charge in [0.05, 0.1) is 0 Å². The zero-order valence-corrected chi connectivity index (χ0v) is 18.2. The second-order valence-corrected chi connectivity index (χ2v) is 9.24. The summed E-state index contributed by atoms with van der Waals surface area (Å²) in [6, 6.07) is 3.65. The molecule has 0 amide bonds. The van der Waals surface area contributed by atoms with Crippen LogP contribution in [0.15, 0.2) is 23.8 Å². The summed E-state index contributed by atoms with van der Waals surface area (Å²) < 4.78 is 22.0. The van der Waals surface area contributed by atoms with Crippen molar-refractivity contribution in [3.8, 4) is 11.5 Å². The van der Waals surface area contributed by atoms with E-state index >= 15 is 0 Å². The van der Waals surface area contributed by atoms with E-state index in [9.17, 15) is 19.5 Å². The first-order valence-electron chi connectivity index (χ1n) is 9.99. The second-order valence-electron chi connectivity index (χ2n) is 8.08. The van der Waals surface area contributed by atoms with Crippen LogP contribution in [0.5, 0.6) is 11.5 Å². The highest BCUT2D eigenvalue weighted by molar-refractivity contribution is 7.46. The van der Waals surface area contributed by atoms with Crippen LogP contribution in [0.3, 0.4) is 0 Å². The number of ether oxygens (including phenoxy) is 1. The minimum atomic E-state index is -4.73. The van der Waals surface area contributed by atoms with E-state index in [-0.39, 0.29) is 11.7 Å². The number of phosphoric acid groups is 1. The molecule has 0 aliphatic heterocycles. The molecule has 1 aliphatic carbocycles. The summed E-state index contributed by atoms with van der Waals surface area (Å²) >= 11 is 0. The molecule has 1 aromatic rings. The lowest BCUT2D eigenvalue weighted by atomic mass is 9.84. The summed E-state index contributed by atoms with van der Waals surface area (Å²) in [5, 5.41) is 10.8. The highest BCUT2D eigenvalue weighted by atomic mass is 31.2. The van der Waals surface area contributed by atoms with Crippen LogP contribution >= 0.6 is 7.82 Å². The number of hydrogen-bond donors (Lipinski definition) is 3. The summed E-state index contributed by atoms with van der Waals surface area (Å²) in [5.74, 6) is -0.970. The SMILES string of the molecule is CCCCCc1cc(O)c(C2C=C(C)CCC2)c(OC(C)(C)OP(=O)(O)O)c1. The van der Waals surface area contributed by atoms with Crippen LogP contribution in [0, 0.1) is 0 Å². The van der Waals surface area contributed by atoms with Gasteiger partial charge < -0.3 is 19.6 Å². The summed E-state index contributed by atoms with van der Waals surface area (Å²) in [6.07, 6.45) is 9.08. The third-order valence-electron chi connectivity index (χ3n) is 4.89. The Morgan fingerprint density at radius 3 is 2.57 bits per heavy atom. The predicted octanol–water partition coefficient (Wildman–Crippen LogP) is 5.56. The Hall–Kier alpha value is -1.33. The minimum absolute atomic E-state index is 0.000649. The van der Waals surface area contributed by atoms with E-state index in [2.05, 4.69) is 19.9 Å². The predicted molar refractivity (Wildman–Crippen MR) is 110 cm³/mol. The molecule has 0 saturated heterocycles. The maximum Gasteiger partial charge on any atom is 0.472 e. The highest BCUT2D eigenvalue weighted by Gasteiger charge is 2.33. The van der Waals surface area contributed by atoms with Gasteiger partial charge in [-0.25, -0.2) is 9.09 Å². The summed E-state index contributed by atoms with van der Waals surface area (Å²) in [7, 11) is -4.73. The van der Waals surface area contributed by atoms with E-state index in [0.29, 0.717) is 11.3 Å². The van der Waals surface area contributed by atoms with Crippen molar-refractivity contribution >= 4 is 7.82 Å². The van der Waals surface area contributed by atoms with Gasteiger partial charge in [0.1, 0.15) is 11.5 Å². The molecule has 0 aromatic heterocycles. The number of rotatable bonds is 9. The number of phosphoric ester groups is 1. The first-order valence-corrected chi connectivity index (χ1v) is 11.5. The van der Waals surface area contributed by atoms with E-state index in [0.717, 1.165) is 50.5 Å². The molecule has 7 heteroatoms. The molecule has 0 fully saturated rings. The van der Waals surface area contributed by atoms with Crippen molar-refractivity contribution in [3.05, 3.63) is 34.9 Å². The normalized spacial score (nSPS) is 18.1. The van der Waals surface area contributed by atoms with E-state index in [1.807, 2.05) is 6.07 Å². The largest absolute Gasteiger partial charge is 0.507 e. The van der Waals surface area contributed by atoms with Gasteiger partial charge in [-0.3, -0.25) is 0 Å². The molecule has 1 atom stereocenters. The molecule has 28 heavy (non-hydrogen) atoms. The maximum absolute atomic E-state index is 11.3. The zero-order valence-electron chi connectivity index (χ0n) is 17.3. The molecule has 6 nitrogen and oxygen atoms in total. The number of hydrogen-bond acceptors (Lipinski definition) is 4. The monoisotopic (exact) mass is 412 g/mol. The average molecular weight is 412 g/mol. The maximum atomic E-state index is 11.3. The van der Waals surface area contributed by atoms with Gasteiger partial charge in [0, 0.05) is 25.3 Å². The van der Waals surface area contributed by atoms with Crippen molar-refractivity contribution < 1.29 is 28.7 Å². The van der Waals surface area contributed by atoms with Crippen LogP contribution in [0.25, 0.3) is 0 Å². The van der Waals surface area contributed by atoms with Gasteiger partial charge >= 0.3 is 7.82 Å². The molecule has 0 bridgehead atoms. The van der Waals surface area contributed by atoms with Crippen LogP contribution < -0.4 is 4.74 Å². The van der Waals surface area contributed by atoms with Crippen molar-refractivity contribution in [2.24, 2.45) is 0 Å². The Morgan fingerprint density at radius 2 is 1.96 bits per heavy atom. The number of phenolic OH excluding ortho intramolecular Hbond substituents is 1. The summed E-state index contributed by atoms with van der Waals surface area (Å²) in [6.45, 7) is 7.12. The van der Waals surface area contributed by atoms with E-state index in [1.54, 1.807) is 6.07 Å². The van der Waals surface area contributed by atoms with Crippen LogP contribution in [-0.4, -0.2) is 20.7 Å². The Labute approximate surface area is 167 Å². The van der Waals surface area contributed by atoms with Crippen molar-refractivity contribution in [2.75, 3.05) is 0 Å². The molecule has 0 radical (unpaired) electrons. The number of unbranched alkanes of at least 4 members (excludes halogenated alkanes) is 2. The first-order chi connectivity index (χ1) is 13.0. The fourth-order valence-corrected chi connectivity index (χ4v) is 4.37. The third kappa shape index (κ3) is 6.93. The molecule has 1 unspecified atom stereocenters. The fraction of sp³-hybridized carbons (Fsp3) is 0.619. The standard InChI is InChI=1S/C21H33O6P/c1-5-6-7-10-16-13-18(22)20(17-11-8-9-15(2)12-17)19(14-16)26-21(3,4)27-28(23,24)25/h12-14,17,22H,5-11H2,1-4H3,(H2,23,24,25). The van der Waals surface area contributed by atoms with Crippen LogP contribution in [-0.2, 0) is 15.5 Å². The Balaban J connectivity index is 2.42. The van der Waals surface area contributed by atoms with Gasteiger partial charge in [-0.05, 0) is 56.7 Å². The molecule has 1 aliphatic rings. The molecule has 3 N–H and O–H groups in total. The molecule has 0 saturated carbocycles. The lowest BCUT2D eigenvalue weighted by Crippen LogP contribution is -2.31. The molecular formula is C21H33O6P. The molecule has 0 heterocycles. The molecule has 158 valence electrons. The van der Waals surface area contributed by atoms with Crippen molar-refractivity contribution in [1.29, 1.82) is 0 Å². The van der Waals surface area contributed by atoms with Crippen LogP contribution in [0.4, 0.5) is 0 Å². The summed E-state index contributed by atoms with van der Waals surface area (Å²) in [4.78, 5) is 18.4. The Morgan fingerprint density at radius 1 is 1.25 bits per heavy atom. The summed E-state index contributed by atoms with van der Waals surface area (Å²) in [5.41, 5.74) is 2.85. The number of aromatic hydroxyl groups is 1. The minimum Gasteiger partial charge on any atom is -0.507 e. The number of allylic oxidation sites excluding steroid dienone is 2. The number of phenols is 1. The lowest BCUT2D eigenvalue weighted by molar-refractivity contribution is -0.0965. The van der Waals surface area contributed by atoms with Gasteiger partial charge in [-0.15, -0.1) is 0 Å². The molecule has 1 aromatic carbocycles. The van der Waals surface area contributed by atoms with E-state index in [1.165, 1.54) is 19.4 Å². The zero-order chi connectivity index (χ0) is 20.9. The molecule has 0 spiro atoms. The first kappa shape index (κ1) is 23.0. The highest BCUT2D eigenvalue weighted by Crippen LogP contribution is 2.46. The van der Waals surface area contributed by atoms with Crippen molar-refractivity contribution in [2.45, 2.75) is 84.3 Å². The van der Waals surface area contributed by atoms with Gasteiger partial charge in [0.25, 0.3) is 0 Å². The van der Waals surface area contributed by atoms with E-state index < -0.39 is 13.6 Å². The van der Waals surface area contributed by atoms with Crippen LogP contribution in [0.1, 0.15) is 83.3 Å². The topological polar surface area (TPSA) is 96.2 Å². The average Bonchev–Trinajstić information content (AvgIpc) is 2.52. The number of benzene rings is 1. The Kier molecular flexibility index (Phi) is 7.74. The van der Waals surface area contributed by atoms with Gasteiger partial charge in [-0.2, -0.15) is 0 Å². The van der Waals surface area contributed by atoms with E-state index in [4.69, 9.17) is 9.26 Å². The smallest absolute Gasteiger partial charge is 0.472 e. The Bertz CT molecular complexity index is 750. The third-order valence-corrected chi connectivity index (χ3v) is 5.56. The van der Waals surface area contributed by atoms with Crippen molar-refractivity contribution in [3.63, 3.8) is 0 Å². The molecular weight excluding hydrogens is 379 g/mol. The fourth-order valence-electron chi connectivity index (χ4n) is 3.76. The second kappa shape index (κ2) is 9.45. The van der Waals surface area contributed by atoms with Gasteiger partial charge in [-0.1, -0.05) is 31.4 Å². The van der Waals surface area contributed by atoms with Crippen LogP contribution in [0.2, 0.25) is 0 Å². The van der Waals surface area contributed by atoms with Gasteiger partial charge in [0.2, 0.25) is 5.79 Å². The quantitative estimate of drug-likeness (QED) is 0.213. The van der Waals surface area contributed by atoms with Gasteiger partial charge in [0.15, 0.2) is 0 Å². The number of aryl methyl sites for hydroxylation is 1. The van der Waals surface area contributed by atoms with Crippen molar-refractivity contribution in [1.82, 2.24) is 0 Å². The lowest BCUT2D eigenvalue weighted by Gasteiger charge is -2.30.